The molecule has 2 rings (SSSR count). The van der Waals surface area contributed by atoms with Crippen LogP contribution in [-0.4, -0.2) is 5.84 Å². The molecule has 0 heterocycles. The van der Waals surface area contributed by atoms with Crippen molar-refractivity contribution in [1.29, 1.82) is 0 Å². The maximum Gasteiger partial charge on any atom is 0.131 e. The molecule has 2 nitrogen and oxygen atoms in total. The first-order valence-corrected chi connectivity index (χ1v) is 5.76. The standard InChI is InChI=1S/C13H10Cl2N2/c14-10-3-1-9(2-4-10)13(16)17-12-7-5-11(15)6-8-12/h1-8H,(H2,16,17). The van der Waals surface area contributed by atoms with Crippen molar-refractivity contribution in [3.63, 3.8) is 0 Å². The fourth-order valence-electron chi connectivity index (χ4n) is 1.34. The molecule has 0 spiro atoms. The minimum Gasteiger partial charge on any atom is -0.383 e. The van der Waals surface area contributed by atoms with Crippen LogP contribution in [0.5, 0.6) is 0 Å². The zero-order valence-electron chi connectivity index (χ0n) is 8.90. The Hall–Kier alpha value is -1.51. The van der Waals surface area contributed by atoms with Crippen LogP contribution >= 0.6 is 23.2 Å². The molecular formula is C13H10Cl2N2. The lowest BCUT2D eigenvalue weighted by Gasteiger charge is -2.01. The summed E-state index contributed by atoms with van der Waals surface area (Å²) in [6.07, 6.45) is 0. The summed E-state index contributed by atoms with van der Waals surface area (Å²) in [6.45, 7) is 0. The van der Waals surface area contributed by atoms with Gasteiger partial charge in [-0.05, 0) is 48.5 Å². The normalized spacial score (nSPS) is 11.5. The number of rotatable bonds is 2. The van der Waals surface area contributed by atoms with Gasteiger partial charge in [0, 0.05) is 15.6 Å². The molecule has 2 aromatic rings. The highest BCUT2D eigenvalue weighted by atomic mass is 35.5. The molecule has 0 aliphatic heterocycles. The smallest absolute Gasteiger partial charge is 0.131 e. The first kappa shape index (κ1) is 12.0. The van der Waals surface area contributed by atoms with Gasteiger partial charge in [-0.25, -0.2) is 4.99 Å². The van der Waals surface area contributed by atoms with E-state index in [1.54, 1.807) is 24.3 Å². The van der Waals surface area contributed by atoms with Crippen LogP contribution in [0.3, 0.4) is 0 Å². The fourth-order valence-corrected chi connectivity index (χ4v) is 1.59. The summed E-state index contributed by atoms with van der Waals surface area (Å²) < 4.78 is 0. The van der Waals surface area contributed by atoms with E-state index >= 15 is 0 Å². The van der Waals surface area contributed by atoms with E-state index in [1.807, 2.05) is 24.3 Å². The molecule has 4 heteroatoms. The minimum absolute atomic E-state index is 0.448. The van der Waals surface area contributed by atoms with Crippen LogP contribution in [-0.2, 0) is 0 Å². The Morgan fingerprint density at radius 2 is 1.29 bits per heavy atom. The van der Waals surface area contributed by atoms with Crippen LogP contribution in [0.25, 0.3) is 0 Å². The highest BCUT2D eigenvalue weighted by Crippen LogP contribution is 2.17. The van der Waals surface area contributed by atoms with Gasteiger partial charge in [0.1, 0.15) is 5.84 Å². The Kier molecular flexibility index (Phi) is 3.67. The van der Waals surface area contributed by atoms with Gasteiger partial charge in [-0.2, -0.15) is 0 Å². The molecule has 86 valence electrons. The zero-order valence-corrected chi connectivity index (χ0v) is 10.4. The van der Waals surface area contributed by atoms with Crippen molar-refractivity contribution in [3.8, 4) is 0 Å². The number of amidine groups is 1. The van der Waals surface area contributed by atoms with Gasteiger partial charge in [-0.1, -0.05) is 23.2 Å². The average Bonchev–Trinajstić information content (AvgIpc) is 2.33. The Bertz CT molecular complexity index is 530. The lowest BCUT2D eigenvalue weighted by Crippen LogP contribution is -2.12. The molecule has 0 amide bonds. The number of benzene rings is 2. The first-order chi connectivity index (χ1) is 8.15. The summed E-state index contributed by atoms with van der Waals surface area (Å²) in [5.74, 6) is 0.448. The van der Waals surface area contributed by atoms with Gasteiger partial charge in [0.2, 0.25) is 0 Å². The predicted octanol–water partition coefficient (Wildman–Crippen LogP) is 4.03. The Labute approximate surface area is 110 Å². The van der Waals surface area contributed by atoms with Crippen LogP contribution in [0.1, 0.15) is 5.56 Å². The molecule has 0 aromatic heterocycles. The summed E-state index contributed by atoms with van der Waals surface area (Å²) in [5, 5.41) is 1.35. The highest BCUT2D eigenvalue weighted by molar-refractivity contribution is 6.31. The first-order valence-electron chi connectivity index (χ1n) is 5.01. The Morgan fingerprint density at radius 1 is 0.824 bits per heavy atom. The topological polar surface area (TPSA) is 38.4 Å². The third-order valence-corrected chi connectivity index (χ3v) is 2.72. The van der Waals surface area contributed by atoms with Crippen LogP contribution in [0.15, 0.2) is 53.5 Å². The zero-order chi connectivity index (χ0) is 12.3. The average molecular weight is 265 g/mol. The molecule has 0 fully saturated rings. The molecule has 2 aromatic carbocycles. The second kappa shape index (κ2) is 5.21. The Morgan fingerprint density at radius 3 is 1.82 bits per heavy atom. The van der Waals surface area contributed by atoms with E-state index in [4.69, 9.17) is 28.9 Å². The molecule has 0 saturated carbocycles. The predicted molar refractivity (Wildman–Crippen MR) is 73.3 cm³/mol. The minimum atomic E-state index is 0.448. The maximum atomic E-state index is 5.89. The van der Waals surface area contributed by atoms with Gasteiger partial charge in [0.15, 0.2) is 0 Å². The molecular weight excluding hydrogens is 255 g/mol. The van der Waals surface area contributed by atoms with Gasteiger partial charge in [-0.15, -0.1) is 0 Å². The summed E-state index contributed by atoms with van der Waals surface area (Å²) in [4.78, 5) is 4.29. The lowest BCUT2D eigenvalue weighted by atomic mass is 10.2. The van der Waals surface area contributed by atoms with Crippen LogP contribution in [0.2, 0.25) is 10.0 Å². The molecule has 0 aliphatic rings. The van der Waals surface area contributed by atoms with E-state index < -0.39 is 0 Å². The van der Waals surface area contributed by atoms with Crippen molar-refractivity contribution < 1.29 is 0 Å². The van der Waals surface area contributed by atoms with Crippen LogP contribution in [0, 0.1) is 0 Å². The summed E-state index contributed by atoms with van der Waals surface area (Å²) in [7, 11) is 0. The van der Waals surface area contributed by atoms with Gasteiger partial charge in [0.25, 0.3) is 0 Å². The van der Waals surface area contributed by atoms with E-state index in [1.165, 1.54) is 0 Å². The van der Waals surface area contributed by atoms with Crippen molar-refractivity contribution in [2.45, 2.75) is 0 Å². The van der Waals surface area contributed by atoms with Crippen molar-refractivity contribution in [3.05, 3.63) is 64.1 Å². The quantitative estimate of drug-likeness (QED) is 0.646. The van der Waals surface area contributed by atoms with Crippen molar-refractivity contribution in [2.24, 2.45) is 10.7 Å². The third-order valence-electron chi connectivity index (χ3n) is 2.22. The molecule has 0 atom stereocenters. The van der Waals surface area contributed by atoms with E-state index in [0.29, 0.717) is 15.9 Å². The number of hydrogen-bond acceptors (Lipinski definition) is 1. The summed E-state index contributed by atoms with van der Waals surface area (Å²) in [6, 6.07) is 14.4. The molecule has 0 aliphatic carbocycles. The molecule has 0 unspecified atom stereocenters. The van der Waals surface area contributed by atoms with Crippen molar-refractivity contribution >= 4 is 34.7 Å². The van der Waals surface area contributed by atoms with E-state index in [9.17, 15) is 0 Å². The maximum absolute atomic E-state index is 5.89. The van der Waals surface area contributed by atoms with Crippen LogP contribution in [0.4, 0.5) is 5.69 Å². The summed E-state index contributed by atoms with van der Waals surface area (Å²) >= 11 is 11.6. The number of aliphatic imine (C=N–C) groups is 1. The van der Waals surface area contributed by atoms with E-state index in [-0.39, 0.29) is 0 Å². The largest absolute Gasteiger partial charge is 0.383 e. The second-order valence-electron chi connectivity index (χ2n) is 3.48. The summed E-state index contributed by atoms with van der Waals surface area (Å²) in [5.41, 5.74) is 7.49. The van der Waals surface area contributed by atoms with Gasteiger partial charge >= 0.3 is 0 Å². The van der Waals surface area contributed by atoms with E-state index in [2.05, 4.69) is 4.99 Å². The number of nitrogens with zero attached hydrogens (tertiary/aromatic N) is 1. The van der Waals surface area contributed by atoms with Gasteiger partial charge in [-0.3, -0.25) is 0 Å². The molecule has 17 heavy (non-hydrogen) atoms. The van der Waals surface area contributed by atoms with Crippen LogP contribution < -0.4 is 5.73 Å². The monoisotopic (exact) mass is 264 g/mol. The van der Waals surface area contributed by atoms with Gasteiger partial charge < -0.3 is 5.73 Å². The van der Waals surface area contributed by atoms with Crippen molar-refractivity contribution in [1.82, 2.24) is 0 Å². The second-order valence-corrected chi connectivity index (χ2v) is 4.35. The molecule has 0 bridgehead atoms. The molecule has 2 N–H and O–H groups in total. The highest BCUT2D eigenvalue weighted by Gasteiger charge is 1.98. The number of halogens is 2. The van der Waals surface area contributed by atoms with E-state index in [0.717, 1.165) is 11.3 Å². The lowest BCUT2D eigenvalue weighted by molar-refractivity contribution is 1.45. The third kappa shape index (κ3) is 3.22. The molecule has 0 saturated heterocycles. The fraction of sp³-hybridized carbons (Fsp3) is 0. The number of nitrogens with two attached hydrogens (primary N) is 1. The van der Waals surface area contributed by atoms with Crippen molar-refractivity contribution in [2.75, 3.05) is 0 Å². The van der Waals surface area contributed by atoms with Gasteiger partial charge in [0.05, 0.1) is 5.69 Å². The number of hydrogen-bond donors (Lipinski definition) is 1. The Balaban J connectivity index is 2.27. The molecule has 0 radical (unpaired) electrons. The SMILES string of the molecule is NC(=Nc1ccc(Cl)cc1)c1ccc(Cl)cc1.